The lowest BCUT2D eigenvalue weighted by atomic mass is 9.83. The van der Waals surface area contributed by atoms with Gasteiger partial charge >= 0.3 is 0 Å². The summed E-state index contributed by atoms with van der Waals surface area (Å²) in [5.41, 5.74) is -0.276. The first-order valence-electron chi connectivity index (χ1n) is 6.10. The highest BCUT2D eigenvalue weighted by atomic mass is 35.5. The zero-order chi connectivity index (χ0) is 15.5. The van der Waals surface area contributed by atoms with Crippen molar-refractivity contribution in [2.75, 3.05) is 5.75 Å². The molecule has 20 heavy (non-hydrogen) atoms. The fourth-order valence-corrected chi connectivity index (χ4v) is 5.31. The maximum Gasteiger partial charge on any atom is 0.181 e. The van der Waals surface area contributed by atoms with Crippen LogP contribution in [0.4, 0.5) is 0 Å². The third kappa shape index (κ3) is 2.09. The van der Waals surface area contributed by atoms with Gasteiger partial charge in [-0.25, -0.2) is 8.42 Å². The van der Waals surface area contributed by atoms with Crippen molar-refractivity contribution in [1.29, 1.82) is 0 Å². The lowest BCUT2D eigenvalue weighted by Gasteiger charge is -2.31. The quantitative estimate of drug-likeness (QED) is 0.747. The number of fused-ring (bicyclic) bond motifs is 1. The number of hydrogen-bond acceptors (Lipinski definition) is 4. The van der Waals surface area contributed by atoms with Crippen LogP contribution in [-0.2, 0) is 9.84 Å². The van der Waals surface area contributed by atoms with E-state index in [1.807, 2.05) is 0 Å². The molecule has 1 aliphatic rings. The summed E-state index contributed by atoms with van der Waals surface area (Å²) < 4.78 is 24.7. The molecular formula is C14H15ClO4S. The van der Waals surface area contributed by atoms with Crippen molar-refractivity contribution < 1.29 is 18.0 Å². The first kappa shape index (κ1) is 15.2. The predicted octanol–water partition coefficient (Wildman–Crippen LogP) is 2.85. The minimum absolute atomic E-state index is 0.0559. The predicted molar refractivity (Wildman–Crippen MR) is 76.4 cm³/mol. The highest BCUT2D eigenvalue weighted by Crippen LogP contribution is 2.41. The van der Waals surface area contributed by atoms with Gasteiger partial charge in [0, 0.05) is 16.5 Å². The minimum atomic E-state index is -3.64. The molecule has 0 atom stereocenters. The number of ketones is 2. The van der Waals surface area contributed by atoms with E-state index in [0.29, 0.717) is 5.56 Å². The molecule has 108 valence electrons. The topological polar surface area (TPSA) is 68.3 Å². The normalized spacial score (nSPS) is 19.6. The summed E-state index contributed by atoms with van der Waals surface area (Å²) in [5, 5.41) is -0.0559. The zero-order valence-electron chi connectivity index (χ0n) is 11.7. The fraction of sp³-hybridized carbons (Fsp3) is 0.429. The summed E-state index contributed by atoms with van der Waals surface area (Å²) >= 11 is 6.02. The largest absolute Gasteiger partial charge is 0.294 e. The second-order valence-electron chi connectivity index (χ2n) is 5.76. The van der Waals surface area contributed by atoms with Gasteiger partial charge in [0.2, 0.25) is 0 Å². The molecule has 0 radical (unpaired) electrons. The van der Waals surface area contributed by atoms with Gasteiger partial charge in [-0.1, -0.05) is 25.4 Å². The molecule has 1 aromatic carbocycles. The van der Waals surface area contributed by atoms with Crippen LogP contribution in [0.2, 0.25) is 5.02 Å². The fourth-order valence-electron chi connectivity index (χ4n) is 2.62. The van der Waals surface area contributed by atoms with E-state index < -0.39 is 15.3 Å². The number of benzene rings is 1. The molecule has 1 heterocycles. The van der Waals surface area contributed by atoms with E-state index in [4.69, 9.17) is 11.6 Å². The molecule has 1 aliphatic heterocycles. The number of rotatable bonds is 1. The van der Waals surface area contributed by atoms with Crippen molar-refractivity contribution in [2.24, 2.45) is 5.41 Å². The van der Waals surface area contributed by atoms with Gasteiger partial charge in [-0.2, -0.15) is 0 Å². The van der Waals surface area contributed by atoms with Crippen LogP contribution in [0.1, 0.15) is 47.1 Å². The molecule has 4 nitrogen and oxygen atoms in total. The minimum Gasteiger partial charge on any atom is -0.294 e. The van der Waals surface area contributed by atoms with Crippen LogP contribution >= 0.6 is 11.6 Å². The molecule has 0 unspecified atom stereocenters. The van der Waals surface area contributed by atoms with Crippen molar-refractivity contribution in [3.05, 3.63) is 27.8 Å². The maximum atomic E-state index is 12.5. The number of sulfone groups is 1. The number of halogens is 1. The summed E-state index contributed by atoms with van der Waals surface area (Å²) in [7, 11) is -3.64. The van der Waals surface area contributed by atoms with Crippen LogP contribution in [0.5, 0.6) is 0 Å². The molecule has 0 saturated heterocycles. The van der Waals surface area contributed by atoms with Gasteiger partial charge < -0.3 is 0 Å². The van der Waals surface area contributed by atoms with E-state index in [-0.39, 0.29) is 38.4 Å². The van der Waals surface area contributed by atoms with Crippen molar-refractivity contribution in [2.45, 2.75) is 32.6 Å². The van der Waals surface area contributed by atoms with Gasteiger partial charge in [-0.05, 0) is 25.5 Å². The maximum absolute atomic E-state index is 12.5. The van der Waals surface area contributed by atoms with Crippen LogP contribution < -0.4 is 0 Å². The third-order valence-electron chi connectivity index (χ3n) is 3.58. The molecule has 0 aliphatic carbocycles. The monoisotopic (exact) mass is 314 g/mol. The second kappa shape index (κ2) is 4.40. The molecular weight excluding hydrogens is 300 g/mol. The van der Waals surface area contributed by atoms with Crippen LogP contribution in [0.3, 0.4) is 0 Å². The van der Waals surface area contributed by atoms with Crippen LogP contribution in [0.15, 0.2) is 11.0 Å². The van der Waals surface area contributed by atoms with E-state index >= 15 is 0 Å². The summed E-state index contributed by atoms with van der Waals surface area (Å²) in [4.78, 5) is 24.0. The van der Waals surface area contributed by atoms with Crippen molar-refractivity contribution >= 4 is 33.0 Å². The summed E-state index contributed by atoms with van der Waals surface area (Å²) in [5.74, 6) is -0.810. The van der Waals surface area contributed by atoms with Crippen molar-refractivity contribution in [1.82, 2.24) is 0 Å². The lowest BCUT2D eigenvalue weighted by molar-refractivity contribution is 0.0851. The third-order valence-corrected chi connectivity index (χ3v) is 6.13. The molecule has 2 rings (SSSR count). The summed E-state index contributed by atoms with van der Waals surface area (Å²) in [6.45, 7) is 6.12. The molecule has 0 aromatic heterocycles. The van der Waals surface area contributed by atoms with Crippen LogP contribution in [-0.4, -0.2) is 25.7 Å². The molecule has 0 bridgehead atoms. The average Bonchev–Trinajstić information content (AvgIpc) is 2.26. The SMILES string of the molecule is CC(=O)c1cc(Cl)c2c(c1C)C(=O)C(C)(C)CS2(=O)=O. The first-order chi connectivity index (χ1) is 8.99. The van der Waals surface area contributed by atoms with Gasteiger partial charge in [0.25, 0.3) is 0 Å². The standard InChI is InChI=1S/C14H15ClO4S/c1-7-9(8(2)16)5-10(15)12-11(7)13(17)14(3,4)6-20(12,18)19/h5H,6H2,1-4H3. The Balaban J connectivity index is 2.98. The van der Waals surface area contributed by atoms with Gasteiger partial charge in [0.15, 0.2) is 21.4 Å². The number of Topliss-reactive ketones (excluding diaryl/α,β-unsaturated/α-hetero) is 2. The lowest BCUT2D eigenvalue weighted by Crippen LogP contribution is -2.39. The molecule has 0 spiro atoms. The van der Waals surface area contributed by atoms with Gasteiger partial charge in [0.05, 0.1) is 15.7 Å². The Morgan fingerprint density at radius 2 is 1.90 bits per heavy atom. The Labute approximate surface area is 123 Å². The van der Waals surface area contributed by atoms with E-state index in [9.17, 15) is 18.0 Å². The molecule has 1 aromatic rings. The Hall–Kier alpha value is -1.20. The number of hydrogen-bond donors (Lipinski definition) is 0. The highest BCUT2D eigenvalue weighted by Gasteiger charge is 2.45. The first-order valence-corrected chi connectivity index (χ1v) is 8.13. The molecule has 0 fully saturated rings. The van der Waals surface area contributed by atoms with Gasteiger partial charge in [-0.3, -0.25) is 9.59 Å². The Bertz CT molecular complexity index is 745. The molecule has 6 heteroatoms. The Morgan fingerprint density at radius 3 is 2.40 bits per heavy atom. The summed E-state index contributed by atoms with van der Waals surface area (Å²) in [6, 6.07) is 1.33. The van der Waals surface area contributed by atoms with E-state index in [1.165, 1.54) is 13.0 Å². The number of carbonyl (C=O) groups is 2. The molecule has 0 N–H and O–H groups in total. The highest BCUT2D eigenvalue weighted by molar-refractivity contribution is 7.91. The number of carbonyl (C=O) groups excluding carboxylic acids is 2. The molecule has 0 saturated carbocycles. The van der Waals surface area contributed by atoms with Gasteiger partial charge in [-0.15, -0.1) is 0 Å². The van der Waals surface area contributed by atoms with E-state index in [2.05, 4.69) is 0 Å². The zero-order valence-corrected chi connectivity index (χ0v) is 13.3. The smallest absolute Gasteiger partial charge is 0.181 e. The van der Waals surface area contributed by atoms with E-state index in [0.717, 1.165) is 0 Å². The van der Waals surface area contributed by atoms with Crippen molar-refractivity contribution in [3.63, 3.8) is 0 Å². The molecule has 0 amide bonds. The van der Waals surface area contributed by atoms with Crippen LogP contribution in [0.25, 0.3) is 0 Å². The summed E-state index contributed by atoms with van der Waals surface area (Å²) in [6.07, 6.45) is 0. The van der Waals surface area contributed by atoms with Gasteiger partial charge in [0.1, 0.15) is 0 Å². The Kier molecular flexibility index (Phi) is 3.34. The second-order valence-corrected chi connectivity index (χ2v) is 8.10. The van der Waals surface area contributed by atoms with Crippen LogP contribution in [0, 0.1) is 12.3 Å². The Morgan fingerprint density at radius 1 is 1.35 bits per heavy atom. The van der Waals surface area contributed by atoms with E-state index in [1.54, 1.807) is 20.8 Å². The van der Waals surface area contributed by atoms with Crippen molar-refractivity contribution in [3.8, 4) is 0 Å². The average molecular weight is 315 g/mol.